The van der Waals surface area contributed by atoms with Gasteiger partial charge in [-0.1, -0.05) is 6.07 Å². The van der Waals surface area contributed by atoms with Crippen LogP contribution >= 0.6 is 23.6 Å². The second kappa shape index (κ2) is 9.35. The van der Waals surface area contributed by atoms with E-state index in [2.05, 4.69) is 27.7 Å². The average Bonchev–Trinajstić information content (AvgIpc) is 3.16. The molecule has 1 saturated heterocycles. The average molecular weight is 329 g/mol. The normalized spacial score (nSPS) is 17.9. The van der Waals surface area contributed by atoms with Crippen molar-refractivity contribution < 1.29 is 9.47 Å². The van der Waals surface area contributed by atoms with Crippen molar-refractivity contribution in [3.05, 3.63) is 22.4 Å². The molecular weight excluding hydrogens is 304 g/mol. The topological polar surface area (TPSA) is 33.7 Å². The van der Waals surface area contributed by atoms with E-state index in [1.165, 1.54) is 4.88 Å². The van der Waals surface area contributed by atoms with Crippen molar-refractivity contribution >= 4 is 28.7 Å². The van der Waals surface area contributed by atoms with E-state index in [1.807, 2.05) is 0 Å². The van der Waals surface area contributed by atoms with Gasteiger partial charge in [-0.3, -0.25) is 0 Å². The summed E-state index contributed by atoms with van der Waals surface area (Å²) in [5.74, 6) is 0. The largest absolute Gasteiger partial charge is 0.385 e. The van der Waals surface area contributed by atoms with E-state index in [-0.39, 0.29) is 0 Å². The van der Waals surface area contributed by atoms with E-state index in [1.54, 1.807) is 18.4 Å². The molecule has 2 heterocycles. The highest BCUT2D eigenvalue weighted by Crippen LogP contribution is 2.17. The van der Waals surface area contributed by atoms with Gasteiger partial charge < -0.3 is 19.7 Å². The molecule has 0 aromatic carbocycles. The van der Waals surface area contributed by atoms with Crippen LogP contribution in [0.1, 0.15) is 24.1 Å². The van der Waals surface area contributed by atoms with Gasteiger partial charge in [0.15, 0.2) is 5.11 Å². The number of rotatable bonds is 8. The highest BCUT2D eigenvalue weighted by atomic mass is 32.1. The zero-order valence-corrected chi connectivity index (χ0v) is 14.2. The summed E-state index contributed by atoms with van der Waals surface area (Å²) in [5.41, 5.74) is 0. The second-order valence-electron chi connectivity index (χ2n) is 5.17. The molecule has 0 radical (unpaired) electrons. The van der Waals surface area contributed by atoms with Crippen molar-refractivity contribution in [1.29, 1.82) is 0 Å². The standard InChI is InChI=1S/C15H24N2O2S2/c1-18-8-4-7-16-15(20)17(11-13-5-2-9-19-13)12-14-6-3-10-21-14/h3,6,10,13H,2,4-5,7-9,11-12H2,1H3,(H,16,20)/t13-/m0/s1. The van der Waals surface area contributed by atoms with Gasteiger partial charge in [0.2, 0.25) is 0 Å². The Morgan fingerprint density at radius 1 is 1.62 bits per heavy atom. The van der Waals surface area contributed by atoms with E-state index in [9.17, 15) is 0 Å². The highest BCUT2D eigenvalue weighted by molar-refractivity contribution is 7.80. The lowest BCUT2D eigenvalue weighted by molar-refractivity contribution is 0.0899. The van der Waals surface area contributed by atoms with Gasteiger partial charge in [0.05, 0.1) is 12.6 Å². The third-order valence-corrected chi connectivity index (χ3v) is 4.73. The van der Waals surface area contributed by atoms with Crippen molar-refractivity contribution in [3.8, 4) is 0 Å². The summed E-state index contributed by atoms with van der Waals surface area (Å²) in [6, 6.07) is 4.24. The number of hydrogen-bond donors (Lipinski definition) is 1. The predicted octanol–water partition coefficient (Wildman–Crippen LogP) is 2.64. The van der Waals surface area contributed by atoms with Gasteiger partial charge in [-0.15, -0.1) is 11.3 Å². The highest BCUT2D eigenvalue weighted by Gasteiger charge is 2.21. The number of nitrogens with zero attached hydrogens (tertiary/aromatic N) is 1. The summed E-state index contributed by atoms with van der Waals surface area (Å²) in [6.45, 7) is 4.21. The van der Waals surface area contributed by atoms with Crippen LogP contribution in [0, 0.1) is 0 Å². The molecule has 1 atom stereocenters. The number of methoxy groups -OCH3 is 1. The van der Waals surface area contributed by atoms with Crippen LogP contribution in [-0.2, 0) is 16.0 Å². The fraction of sp³-hybridized carbons (Fsp3) is 0.667. The maximum atomic E-state index is 5.75. The monoisotopic (exact) mass is 328 g/mol. The lowest BCUT2D eigenvalue weighted by Gasteiger charge is -2.28. The minimum atomic E-state index is 0.309. The van der Waals surface area contributed by atoms with Crippen molar-refractivity contribution in [1.82, 2.24) is 10.2 Å². The minimum absolute atomic E-state index is 0.309. The van der Waals surface area contributed by atoms with E-state index in [0.717, 1.165) is 57.2 Å². The molecule has 0 amide bonds. The maximum Gasteiger partial charge on any atom is 0.169 e. The molecule has 1 N–H and O–H groups in total. The SMILES string of the molecule is COCCCNC(=S)N(Cc1cccs1)C[C@@H]1CCCO1. The van der Waals surface area contributed by atoms with Gasteiger partial charge >= 0.3 is 0 Å². The smallest absolute Gasteiger partial charge is 0.169 e. The summed E-state index contributed by atoms with van der Waals surface area (Å²) in [6.07, 6.45) is 3.56. The first kappa shape index (κ1) is 16.7. The molecule has 0 saturated carbocycles. The van der Waals surface area contributed by atoms with Crippen LogP contribution in [0.2, 0.25) is 0 Å². The Hall–Kier alpha value is -0.690. The van der Waals surface area contributed by atoms with Gasteiger partial charge in [-0.2, -0.15) is 0 Å². The fourth-order valence-electron chi connectivity index (χ4n) is 2.37. The summed E-state index contributed by atoms with van der Waals surface area (Å²) in [7, 11) is 1.72. The van der Waals surface area contributed by atoms with Crippen molar-refractivity contribution in [2.24, 2.45) is 0 Å². The summed E-state index contributed by atoms with van der Waals surface area (Å²) in [4.78, 5) is 3.55. The van der Waals surface area contributed by atoms with E-state index >= 15 is 0 Å². The van der Waals surface area contributed by atoms with Crippen molar-refractivity contribution in [3.63, 3.8) is 0 Å². The second-order valence-corrected chi connectivity index (χ2v) is 6.59. The Bertz CT molecular complexity index is 406. The molecule has 4 nitrogen and oxygen atoms in total. The molecule has 1 aliphatic heterocycles. The number of ether oxygens (including phenoxy) is 2. The van der Waals surface area contributed by atoms with Crippen LogP contribution in [0.4, 0.5) is 0 Å². The van der Waals surface area contributed by atoms with Gasteiger partial charge in [-0.25, -0.2) is 0 Å². The first-order valence-electron chi connectivity index (χ1n) is 7.45. The minimum Gasteiger partial charge on any atom is -0.385 e. The molecule has 0 unspecified atom stereocenters. The Kier molecular flexibility index (Phi) is 7.43. The van der Waals surface area contributed by atoms with Crippen LogP contribution < -0.4 is 5.32 Å². The van der Waals surface area contributed by atoms with Crippen molar-refractivity contribution in [2.75, 3.05) is 33.4 Å². The molecule has 1 aliphatic rings. The zero-order chi connectivity index (χ0) is 14.9. The molecule has 118 valence electrons. The lowest BCUT2D eigenvalue weighted by atomic mass is 10.2. The molecule has 1 aromatic heterocycles. The maximum absolute atomic E-state index is 5.75. The Morgan fingerprint density at radius 2 is 2.52 bits per heavy atom. The first-order chi connectivity index (χ1) is 10.3. The predicted molar refractivity (Wildman–Crippen MR) is 90.8 cm³/mol. The molecule has 1 fully saturated rings. The van der Waals surface area contributed by atoms with Gasteiger partial charge in [0.25, 0.3) is 0 Å². The Morgan fingerprint density at radius 3 is 3.19 bits per heavy atom. The third kappa shape index (κ3) is 5.90. The third-order valence-electron chi connectivity index (χ3n) is 3.46. The molecule has 6 heteroatoms. The number of thiocarbonyl (C=S) groups is 1. The Labute approximate surface area is 136 Å². The van der Waals surface area contributed by atoms with Crippen LogP contribution in [0.25, 0.3) is 0 Å². The van der Waals surface area contributed by atoms with E-state index in [4.69, 9.17) is 21.7 Å². The van der Waals surface area contributed by atoms with Crippen molar-refractivity contribution in [2.45, 2.75) is 31.9 Å². The first-order valence-corrected chi connectivity index (χ1v) is 8.74. The molecule has 1 aromatic rings. The fourth-order valence-corrected chi connectivity index (χ4v) is 3.33. The van der Waals surface area contributed by atoms with Crippen LogP contribution in [0.5, 0.6) is 0 Å². The molecule has 0 bridgehead atoms. The molecule has 0 aliphatic carbocycles. The summed E-state index contributed by atoms with van der Waals surface area (Å²) < 4.78 is 10.8. The summed E-state index contributed by atoms with van der Waals surface area (Å²) in [5, 5.41) is 6.25. The zero-order valence-electron chi connectivity index (χ0n) is 12.5. The van der Waals surface area contributed by atoms with Gasteiger partial charge in [-0.05, 0) is 42.9 Å². The molecule has 21 heavy (non-hydrogen) atoms. The molecule has 0 spiro atoms. The number of thiophene rings is 1. The lowest BCUT2D eigenvalue weighted by Crippen LogP contribution is -2.43. The van der Waals surface area contributed by atoms with Crippen LogP contribution in [-0.4, -0.2) is 49.5 Å². The molecule has 2 rings (SSSR count). The Balaban J connectivity index is 1.85. The van der Waals surface area contributed by atoms with E-state index < -0.39 is 0 Å². The van der Waals surface area contributed by atoms with E-state index in [0.29, 0.717) is 6.10 Å². The number of nitrogens with one attached hydrogen (secondary N) is 1. The number of hydrogen-bond acceptors (Lipinski definition) is 4. The van der Waals surface area contributed by atoms with Gasteiger partial charge in [0, 0.05) is 38.3 Å². The van der Waals surface area contributed by atoms with Crippen LogP contribution in [0.3, 0.4) is 0 Å². The summed E-state index contributed by atoms with van der Waals surface area (Å²) >= 11 is 7.32. The van der Waals surface area contributed by atoms with Crippen LogP contribution in [0.15, 0.2) is 17.5 Å². The quantitative estimate of drug-likeness (QED) is 0.586. The van der Waals surface area contributed by atoms with Gasteiger partial charge in [0.1, 0.15) is 0 Å². The molecular formula is C15H24N2O2S2.